The largest absolute Gasteiger partial charge is 0.489 e. The van der Waals surface area contributed by atoms with Gasteiger partial charge >= 0.3 is 12.3 Å². The minimum atomic E-state index is -4.66. The highest BCUT2D eigenvalue weighted by Crippen LogP contribution is 2.40. The average molecular weight is 700 g/mol. The topological polar surface area (TPSA) is 101 Å². The number of likely N-dealkylation sites (tertiary alicyclic amines) is 1. The van der Waals surface area contributed by atoms with Gasteiger partial charge in [-0.3, -0.25) is 4.98 Å². The molecule has 1 saturated heterocycles. The second kappa shape index (κ2) is 13.4. The van der Waals surface area contributed by atoms with Crippen molar-refractivity contribution in [3.05, 3.63) is 78.5 Å². The molecule has 0 unspecified atom stereocenters. The number of ether oxygens (including phenoxy) is 4. The Morgan fingerprint density at radius 3 is 2.39 bits per heavy atom. The third-order valence-electron chi connectivity index (χ3n) is 8.77. The number of carbonyl (C=O) groups excluding carboxylic acids is 1. The van der Waals surface area contributed by atoms with Gasteiger partial charge in [-0.1, -0.05) is 18.1 Å². The minimum Gasteiger partial charge on any atom is -0.489 e. The maximum Gasteiger partial charge on any atom is 0.421 e. The lowest BCUT2D eigenvalue weighted by molar-refractivity contribution is -0.140. The summed E-state index contributed by atoms with van der Waals surface area (Å²) >= 11 is 0. The van der Waals surface area contributed by atoms with E-state index in [1.807, 2.05) is 50.6 Å². The lowest BCUT2D eigenvalue weighted by Gasteiger charge is -2.39. The van der Waals surface area contributed by atoms with Gasteiger partial charge in [-0.25, -0.2) is 14.8 Å². The van der Waals surface area contributed by atoms with Crippen molar-refractivity contribution in [3.63, 3.8) is 0 Å². The van der Waals surface area contributed by atoms with Crippen LogP contribution < -0.4 is 9.47 Å². The standard InChI is InChI=1S/C38H36F3N5O5/c1-37(2,3)51-36(47)46-21-29(22-46)48-13-5-6-25-8-9-26(19-43-25)49-27-16-28(17-27)50-35-32(38(39,40)41)14-24(18-44-35)23-7-10-30-31-20-42-12-11-33(31)45(4)34(30)15-23/h7-12,14-15,18-20,27-29H,13,16-17,21-22H2,1-4H3. The van der Waals surface area contributed by atoms with E-state index in [2.05, 4.69) is 26.8 Å². The monoisotopic (exact) mass is 699 g/mol. The van der Waals surface area contributed by atoms with Gasteiger partial charge in [-0.15, -0.1) is 0 Å². The van der Waals surface area contributed by atoms with E-state index in [-0.39, 0.29) is 24.9 Å². The van der Waals surface area contributed by atoms with E-state index in [4.69, 9.17) is 18.9 Å². The van der Waals surface area contributed by atoms with E-state index in [0.29, 0.717) is 48.5 Å². The van der Waals surface area contributed by atoms with Crippen molar-refractivity contribution in [2.45, 2.75) is 63.7 Å². The van der Waals surface area contributed by atoms with Crippen LogP contribution in [0.1, 0.15) is 44.9 Å². The fourth-order valence-electron chi connectivity index (χ4n) is 6.03. The van der Waals surface area contributed by atoms with Crippen LogP contribution in [0.25, 0.3) is 32.9 Å². The molecule has 4 aromatic heterocycles. The zero-order valence-electron chi connectivity index (χ0n) is 28.5. The summed E-state index contributed by atoms with van der Waals surface area (Å²) in [6.07, 6.45) is 1.46. The Kier molecular flexibility index (Phi) is 8.97. The number of benzene rings is 1. The second-order valence-corrected chi connectivity index (χ2v) is 13.7. The lowest BCUT2D eigenvalue weighted by Crippen LogP contribution is -2.55. The van der Waals surface area contributed by atoms with Gasteiger partial charge in [-0.2, -0.15) is 13.2 Å². The molecule has 1 aliphatic carbocycles. The first-order valence-corrected chi connectivity index (χ1v) is 16.6. The normalized spacial score (nSPS) is 17.7. The summed E-state index contributed by atoms with van der Waals surface area (Å²) in [5, 5.41) is 1.94. The average Bonchev–Trinajstić information content (AvgIpc) is 3.33. The molecule has 2 fully saturated rings. The van der Waals surface area contributed by atoms with Gasteiger partial charge in [0.25, 0.3) is 0 Å². The third-order valence-corrected chi connectivity index (χ3v) is 8.77. The highest BCUT2D eigenvalue weighted by molar-refractivity contribution is 6.08. The Labute approximate surface area is 292 Å². The number of hydrogen-bond acceptors (Lipinski definition) is 8. The molecule has 1 aliphatic heterocycles. The van der Waals surface area contributed by atoms with Crippen molar-refractivity contribution in [1.82, 2.24) is 24.4 Å². The lowest BCUT2D eigenvalue weighted by atomic mass is 9.92. The summed E-state index contributed by atoms with van der Waals surface area (Å²) < 4.78 is 67.3. The summed E-state index contributed by atoms with van der Waals surface area (Å²) in [7, 11) is 1.92. The quantitative estimate of drug-likeness (QED) is 0.165. The molecular weight excluding hydrogens is 663 g/mol. The van der Waals surface area contributed by atoms with E-state index in [1.54, 1.807) is 41.7 Å². The zero-order valence-corrected chi connectivity index (χ0v) is 28.5. The molecule has 1 saturated carbocycles. The van der Waals surface area contributed by atoms with Crippen LogP contribution in [-0.4, -0.2) is 74.1 Å². The van der Waals surface area contributed by atoms with Crippen LogP contribution in [0.4, 0.5) is 18.0 Å². The molecule has 1 aromatic carbocycles. The Hall–Kier alpha value is -5.35. The summed E-state index contributed by atoms with van der Waals surface area (Å²) in [5.74, 6) is 5.93. The number of halogens is 3. The predicted molar refractivity (Wildman–Crippen MR) is 183 cm³/mol. The molecule has 0 spiro atoms. The fraction of sp³-hybridized carbons (Fsp3) is 0.368. The van der Waals surface area contributed by atoms with Crippen LogP contribution in [0.5, 0.6) is 11.6 Å². The number of fused-ring (bicyclic) bond motifs is 3. The first kappa shape index (κ1) is 34.1. The van der Waals surface area contributed by atoms with E-state index in [9.17, 15) is 18.0 Å². The van der Waals surface area contributed by atoms with Gasteiger partial charge in [0.05, 0.1) is 30.9 Å². The van der Waals surface area contributed by atoms with Gasteiger partial charge < -0.3 is 28.4 Å². The molecule has 0 atom stereocenters. The maximum atomic E-state index is 14.2. The maximum absolute atomic E-state index is 14.2. The number of aromatic nitrogens is 4. The van der Waals surface area contributed by atoms with Crippen molar-refractivity contribution in [1.29, 1.82) is 0 Å². The highest BCUT2D eigenvalue weighted by atomic mass is 19.4. The van der Waals surface area contributed by atoms with Crippen LogP contribution in [-0.2, 0) is 22.7 Å². The summed E-state index contributed by atoms with van der Waals surface area (Å²) in [6.45, 7) is 6.59. The van der Waals surface area contributed by atoms with E-state index >= 15 is 0 Å². The van der Waals surface area contributed by atoms with E-state index < -0.39 is 29.3 Å². The van der Waals surface area contributed by atoms with Crippen molar-refractivity contribution in [2.24, 2.45) is 7.05 Å². The molecular formula is C38H36F3N5O5. The Balaban J connectivity index is 0.904. The molecule has 13 heteroatoms. The van der Waals surface area contributed by atoms with Crippen LogP contribution >= 0.6 is 0 Å². The van der Waals surface area contributed by atoms with Crippen molar-refractivity contribution in [3.8, 4) is 34.6 Å². The van der Waals surface area contributed by atoms with Gasteiger partial charge in [0.2, 0.25) is 5.88 Å². The molecule has 0 N–H and O–H groups in total. The number of carbonyl (C=O) groups is 1. The molecule has 0 bridgehead atoms. The number of nitrogens with zero attached hydrogens (tertiary/aromatic N) is 5. The number of amides is 1. The fourth-order valence-corrected chi connectivity index (χ4v) is 6.03. The van der Waals surface area contributed by atoms with Crippen LogP contribution in [0, 0.1) is 11.8 Å². The van der Waals surface area contributed by atoms with Gasteiger partial charge in [0.15, 0.2) is 0 Å². The van der Waals surface area contributed by atoms with Gasteiger partial charge in [0.1, 0.15) is 41.4 Å². The first-order chi connectivity index (χ1) is 24.3. The molecule has 51 heavy (non-hydrogen) atoms. The molecule has 10 nitrogen and oxygen atoms in total. The first-order valence-electron chi connectivity index (χ1n) is 16.6. The minimum absolute atomic E-state index is 0.0869. The predicted octanol–water partition coefficient (Wildman–Crippen LogP) is 7.18. The Morgan fingerprint density at radius 1 is 0.882 bits per heavy atom. The van der Waals surface area contributed by atoms with Crippen LogP contribution in [0.15, 0.2) is 67.3 Å². The summed E-state index contributed by atoms with van der Waals surface area (Å²) in [5.41, 5.74) is 1.89. The Morgan fingerprint density at radius 2 is 1.67 bits per heavy atom. The van der Waals surface area contributed by atoms with Crippen LogP contribution in [0.3, 0.4) is 0 Å². The number of rotatable bonds is 7. The highest BCUT2D eigenvalue weighted by Gasteiger charge is 2.39. The van der Waals surface area contributed by atoms with Crippen LogP contribution in [0.2, 0.25) is 0 Å². The summed E-state index contributed by atoms with van der Waals surface area (Å²) in [6, 6.07) is 12.0. The van der Waals surface area contributed by atoms with Gasteiger partial charge in [-0.05, 0) is 62.6 Å². The smallest absolute Gasteiger partial charge is 0.421 e. The molecule has 264 valence electrons. The third kappa shape index (κ3) is 7.56. The molecule has 7 rings (SSSR count). The van der Waals surface area contributed by atoms with Crippen molar-refractivity contribution in [2.75, 3.05) is 19.7 Å². The SMILES string of the molecule is Cn1c2ccncc2c2ccc(-c3cnc(OC4CC(Oc5ccc(C#CCOC6CN(C(=O)OC(C)(C)C)C6)nc5)C4)c(C(F)(F)F)c3)cc21. The Bertz CT molecular complexity index is 2140. The molecule has 5 heterocycles. The summed E-state index contributed by atoms with van der Waals surface area (Å²) in [4.78, 5) is 26.2. The second-order valence-electron chi connectivity index (χ2n) is 13.7. The number of pyridine rings is 3. The van der Waals surface area contributed by atoms with E-state index in [1.165, 1.54) is 6.20 Å². The zero-order chi connectivity index (χ0) is 35.9. The van der Waals surface area contributed by atoms with Gasteiger partial charge in [0, 0.05) is 60.3 Å². The molecule has 5 aromatic rings. The van der Waals surface area contributed by atoms with Crippen molar-refractivity contribution >= 4 is 27.9 Å². The molecule has 2 aliphatic rings. The number of alkyl halides is 3. The van der Waals surface area contributed by atoms with E-state index in [0.717, 1.165) is 27.9 Å². The molecule has 0 radical (unpaired) electrons. The molecule has 1 amide bonds. The number of hydrogen-bond donors (Lipinski definition) is 0. The van der Waals surface area contributed by atoms with Crippen molar-refractivity contribution < 1.29 is 36.9 Å². The number of aryl methyl sites for hydroxylation is 1.